The molecule has 0 amide bonds. The van der Waals surface area contributed by atoms with Crippen molar-refractivity contribution >= 4 is 15.7 Å². The molecule has 2 atom stereocenters. The van der Waals surface area contributed by atoms with Gasteiger partial charge < -0.3 is 10.8 Å². The molecule has 0 heterocycles. The summed E-state index contributed by atoms with van der Waals surface area (Å²) in [5.74, 6) is -0.808. The number of nitrogen functional groups attached to an aromatic ring is 1. The van der Waals surface area contributed by atoms with Crippen molar-refractivity contribution in [2.45, 2.75) is 49.6 Å². The fraction of sp³-hybridized carbons (Fsp3) is 0.538. The zero-order valence-corrected chi connectivity index (χ0v) is 12.1. The van der Waals surface area contributed by atoms with Crippen LogP contribution in [0.3, 0.4) is 0 Å². The van der Waals surface area contributed by atoms with E-state index in [2.05, 4.69) is 4.72 Å². The Morgan fingerprint density at radius 3 is 2.65 bits per heavy atom. The third-order valence-electron chi connectivity index (χ3n) is 3.57. The molecule has 0 spiro atoms. The van der Waals surface area contributed by atoms with Gasteiger partial charge in [-0.15, -0.1) is 0 Å². The predicted molar refractivity (Wildman–Crippen MR) is 74.1 cm³/mol. The summed E-state index contributed by atoms with van der Waals surface area (Å²) in [4.78, 5) is -0.465. The Hall–Kier alpha value is -1.18. The van der Waals surface area contributed by atoms with Gasteiger partial charge in [0.05, 0.1) is 6.10 Å². The van der Waals surface area contributed by atoms with Crippen molar-refractivity contribution in [3.63, 3.8) is 0 Å². The van der Waals surface area contributed by atoms with Crippen LogP contribution in [0.25, 0.3) is 0 Å². The highest BCUT2D eigenvalue weighted by Crippen LogP contribution is 2.24. The zero-order chi connectivity index (χ0) is 14.9. The first kappa shape index (κ1) is 15.2. The number of sulfonamides is 1. The summed E-state index contributed by atoms with van der Waals surface area (Å²) in [6.07, 6.45) is 2.06. The molecule has 1 fully saturated rings. The summed E-state index contributed by atoms with van der Waals surface area (Å²) in [7, 11) is -4.03. The number of hydrogen-bond donors (Lipinski definition) is 3. The van der Waals surface area contributed by atoms with E-state index < -0.39 is 32.9 Å². The number of anilines is 1. The average Bonchev–Trinajstić information content (AvgIpc) is 2.36. The number of rotatable bonds is 3. The van der Waals surface area contributed by atoms with E-state index in [1.165, 1.54) is 13.0 Å². The van der Waals surface area contributed by atoms with E-state index in [1.54, 1.807) is 0 Å². The topological polar surface area (TPSA) is 92.4 Å². The van der Waals surface area contributed by atoms with E-state index in [0.717, 1.165) is 18.9 Å². The number of aliphatic hydroxyl groups is 1. The average molecular weight is 302 g/mol. The summed E-state index contributed by atoms with van der Waals surface area (Å²) in [6.45, 7) is 1.46. The lowest BCUT2D eigenvalue weighted by Gasteiger charge is -2.28. The van der Waals surface area contributed by atoms with E-state index in [0.29, 0.717) is 12.8 Å². The van der Waals surface area contributed by atoms with Gasteiger partial charge >= 0.3 is 0 Å². The van der Waals surface area contributed by atoms with Gasteiger partial charge in [-0.25, -0.2) is 17.5 Å². The van der Waals surface area contributed by atoms with Gasteiger partial charge in [-0.2, -0.15) is 0 Å². The van der Waals surface area contributed by atoms with Crippen molar-refractivity contribution in [2.75, 3.05) is 5.73 Å². The Kier molecular flexibility index (Phi) is 4.31. The molecule has 0 saturated heterocycles. The molecule has 1 aromatic carbocycles. The van der Waals surface area contributed by atoms with Crippen LogP contribution in [-0.4, -0.2) is 25.7 Å². The lowest BCUT2D eigenvalue weighted by Crippen LogP contribution is -2.45. The van der Waals surface area contributed by atoms with Crippen LogP contribution in [0.1, 0.15) is 31.2 Å². The minimum absolute atomic E-state index is 0.176. The van der Waals surface area contributed by atoms with Crippen molar-refractivity contribution in [3.8, 4) is 0 Å². The predicted octanol–water partition coefficient (Wildman–Crippen LogP) is 1.30. The van der Waals surface area contributed by atoms with E-state index >= 15 is 0 Å². The molecule has 4 N–H and O–H groups in total. The van der Waals surface area contributed by atoms with Gasteiger partial charge in [0.2, 0.25) is 10.0 Å². The van der Waals surface area contributed by atoms with E-state index in [1.807, 2.05) is 0 Å². The molecule has 0 bridgehead atoms. The fourth-order valence-electron chi connectivity index (χ4n) is 2.47. The number of nitrogens with one attached hydrogen (secondary N) is 1. The number of aryl methyl sites for hydroxylation is 1. The smallest absolute Gasteiger partial charge is 0.243 e. The van der Waals surface area contributed by atoms with Gasteiger partial charge in [-0.1, -0.05) is 12.8 Å². The second-order valence-electron chi connectivity index (χ2n) is 5.23. The van der Waals surface area contributed by atoms with Gasteiger partial charge in [0, 0.05) is 11.7 Å². The number of aliphatic hydroxyl groups excluding tert-OH is 1. The molecule has 1 saturated carbocycles. The Labute approximate surface area is 118 Å². The Morgan fingerprint density at radius 1 is 1.35 bits per heavy atom. The molecule has 1 aromatic rings. The lowest BCUT2D eigenvalue weighted by molar-refractivity contribution is 0.101. The maximum Gasteiger partial charge on any atom is 0.243 e. The number of nitrogens with two attached hydrogens (primary N) is 1. The second kappa shape index (κ2) is 5.67. The van der Waals surface area contributed by atoms with Crippen molar-refractivity contribution in [1.29, 1.82) is 0 Å². The molecule has 1 aliphatic carbocycles. The SMILES string of the molecule is Cc1cc(N)cc(S(=O)(=O)N[C@@H]2CCCC[C@H]2O)c1F. The molecule has 2 rings (SSSR count). The van der Waals surface area contributed by atoms with Gasteiger partial charge in [0.15, 0.2) is 0 Å². The van der Waals surface area contributed by atoms with Crippen LogP contribution in [0.15, 0.2) is 17.0 Å². The standard InChI is InChI=1S/C13H19FN2O3S/c1-8-6-9(15)7-12(13(8)14)20(18,19)16-10-4-2-3-5-11(10)17/h6-7,10-11,16-17H,2-5,15H2,1H3/t10-,11-/m1/s1. The highest BCUT2D eigenvalue weighted by Gasteiger charge is 2.30. The lowest BCUT2D eigenvalue weighted by atomic mass is 9.93. The second-order valence-corrected chi connectivity index (χ2v) is 6.91. The summed E-state index contributed by atoms with van der Waals surface area (Å²) < 4.78 is 40.9. The Bertz CT molecular complexity index is 604. The highest BCUT2D eigenvalue weighted by molar-refractivity contribution is 7.89. The minimum atomic E-state index is -4.03. The van der Waals surface area contributed by atoms with Crippen LogP contribution in [-0.2, 0) is 10.0 Å². The highest BCUT2D eigenvalue weighted by atomic mass is 32.2. The summed E-state index contributed by atoms with van der Waals surface area (Å²) in [5.41, 5.74) is 5.94. The summed E-state index contributed by atoms with van der Waals surface area (Å²) >= 11 is 0. The van der Waals surface area contributed by atoms with Crippen LogP contribution < -0.4 is 10.5 Å². The number of halogens is 1. The molecule has 0 aliphatic heterocycles. The fourth-order valence-corrected chi connectivity index (χ4v) is 3.96. The Morgan fingerprint density at radius 2 is 2.00 bits per heavy atom. The molecular formula is C13H19FN2O3S. The molecule has 5 nitrogen and oxygen atoms in total. The monoisotopic (exact) mass is 302 g/mol. The molecule has 0 radical (unpaired) electrons. The van der Waals surface area contributed by atoms with Crippen LogP contribution in [0.5, 0.6) is 0 Å². The van der Waals surface area contributed by atoms with Crippen molar-refractivity contribution < 1.29 is 17.9 Å². The molecule has 0 aromatic heterocycles. The molecule has 1 aliphatic rings. The van der Waals surface area contributed by atoms with Crippen molar-refractivity contribution in [2.24, 2.45) is 0 Å². The summed E-state index contributed by atoms with van der Waals surface area (Å²) in [6, 6.07) is 1.90. The molecular weight excluding hydrogens is 283 g/mol. The normalized spacial score (nSPS) is 23.8. The van der Waals surface area contributed by atoms with Crippen molar-refractivity contribution in [3.05, 3.63) is 23.5 Å². The summed E-state index contributed by atoms with van der Waals surface area (Å²) in [5, 5.41) is 9.81. The van der Waals surface area contributed by atoms with Crippen LogP contribution in [0.4, 0.5) is 10.1 Å². The molecule has 0 unspecified atom stereocenters. The quantitative estimate of drug-likeness (QED) is 0.734. The van der Waals surface area contributed by atoms with Crippen LogP contribution in [0, 0.1) is 12.7 Å². The maximum absolute atomic E-state index is 14.0. The maximum atomic E-state index is 14.0. The Balaban J connectivity index is 2.31. The van der Waals surface area contributed by atoms with E-state index in [9.17, 15) is 17.9 Å². The van der Waals surface area contributed by atoms with Gasteiger partial charge in [0.25, 0.3) is 0 Å². The van der Waals surface area contributed by atoms with Crippen molar-refractivity contribution in [1.82, 2.24) is 4.72 Å². The van der Waals surface area contributed by atoms with E-state index in [4.69, 9.17) is 5.73 Å². The van der Waals surface area contributed by atoms with Gasteiger partial charge in [0.1, 0.15) is 10.7 Å². The van der Waals surface area contributed by atoms with Gasteiger partial charge in [-0.05, 0) is 37.5 Å². The third kappa shape index (κ3) is 3.11. The first-order valence-corrected chi connectivity index (χ1v) is 8.05. The molecule has 7 heteroatoms. The molecule has 112 valence electrons. The third-order valence-corrected chi connectivity index (χ3v) is 5.06. The first-order valence-electron chi connectivity index (χ1n) is 6.57. The molecule has 20 heavy (non-hydrogen) atoms. The zero-order valence-electron chi connectivity index (χ0n) is 11.3. The van der Waals surface area contributed by atoms with Gasteiger partial charge in [-0.3, -0.25) is 0 Å². The first-order chi connectivity index (χ1) is 9.31. The largest absolute Gasteiger partial charge is 0.399 e. The number of hydrogen-bond acceptors (Lipinski definition) is 4. The minimum Gasteiger partial charge on any atom is -0.399 e. The van der Waals surface area contributed by atoms with Crippen LogP contribution >= 0.6 is 0 Å². The van der Waals surface area contributed by atoms with E-state index in [-0.39, 0.29) is 11.3 Å². The van der Waals surface area contributed by atoms with Crippen LogP contribution in [0.2, 0.25) is 0 Å². The number of benzene rings is 1.